The third kappa shape index (κ3) is 6.12. The second-order valence-electron chi connectivity index (χ2n) is 8.31. The fraction of sp³-hybridized carbons (Fsp3) is 0.296. The van der Waals surface area contributed by atoms with Crippen molar-refractivity contribution in [3.05, 3.63) is 88.6 Å². The van der Waals surface area contributed by atoms with Crippen molar-refractivity contribution in [1.29, 1.82) is 0 Å². The first-order chi connectivity index (χ1) is 17.5. The van der Waals surface area contributed by atoms with E-state index < -0.39 is 12.0 Å². The van der Waals surface area contributed by atoms with E-state index in [1.54, 1.807) is 22.5 Å². The third-order valence-corrected chi connectivity index (χ3v) is 6.78. The molecule has 2 aromatic carbocycles. The van der Waals surface area contributed by atoms with Gasteiger partial charge in [-0.3, -0.25) is 0 Å². The van der Waals surface area contributed by atoms with Gasteiger partial charge in [0, 0.05) is 16.5 Å². The second-order valence-corrected chi connectivity index (χ2v) is 9.80. The van der Waals surface area contributed by atoms with E-state index in [1.807, 2.05) is 55.5 Å². The Labute approximate surface area is 220 Å². The number of carbonyl (C=O) groups is 1. The molecule has 0 radical (unpaired) electrons. The minimum absolute atomic E-state index is 0.120. The van der Waals surface area contributed by atoms with Crippen molar-refractivity contribution in [3.8, 4) is 5.75 Å². The lowest BCUT2D eigenvalue weighted by Gasteiger charge is -2.28. The van der Waals surface area contributed by atoms with Crippen LogP contribution in [-0.4, -0.2) is 33.1 Å². The van der Waals surface area contributed by atoms with Crippen LogP contribution >= 0.6 is 23.4 Å². The zero-order valence-electron chi connectivity index (χ0n) is 20.4. The standard InChI is InChI=1S/C27H29ClN4O3S/c1-4-6-15-36-27-30-26-29-18(3)23(25(33)34-14-5-2)24(32(26)31-27)20-8-7-9-22(16-20)35-17-19-10-12-21(28)13-11-19/h5,7-13,16,24H,2,4,6,14-15,17H2,1,3H3,(H,29,30,31). The van der Waals surface area contributed by atoms with Crippen molar-refractivity contribution in [2.45, 2.75) is 44.5 Å². The number of anilines is 1. The molecular formula is C27H29ClN4O3S. The van der Waals surface area contributed by atoms with Crippen LogP contribution in [0.5, 0.6) is 5.75 Å². The Morgan fingerprint density at radius 2 is 2.08 bits per heavy atom. The van der Waals surface area contributed by atoms with Gasteiger partial charge in [0.1, 0.15) is 25.0 Å². The average Bonchev–Trinajstić information content (AvgIpc) is 3.28. The summed E-state index contributed by atoms with van der Waals surface area (Å²) in [4.78, 5) is 17.8. The van der Waals surface area contributed by atoms with Crippen LogP contribution in [0.4, 0.5) is 5.95 Å². The smallest absolute Gasteiger partial charge is 0.338 e. The van der Waals surface area contributed by atoms with Crippen molar-refractivity contribution in [2.24, 2.45) is 0 Å². The van der Waals surface area contributed by atoms with E-state index in [9.17, 15) is 4.79 Å². The normalized spacial score (nSPS) is 14.7. The lowest BCUT2D eigenvalue weighted by molar-refractivity contribution is -0.138. The number of benzene rings is 2. The van der Waals surface area contributed by atoms with Crippen molar-refractivity contribution < 1.29 is 14.3 Å². The van der Waals surface area contributed by atoms with Crippen LogP contribution in [0.2, 0.25) is 5.02 Å². The number of nitrogens with one attached hydrogen (secondary N) is 1. The number of nitrogens with zero attached hydrogens (tertiary/aromatic N) is 3. The second kappa shape index (κ2) is 12.1. The Balaban J connectivity index is 1.66. The number of allylic oxidation sites excluding steroid dienone is 1. The minimum Gasteiger partial charge on any atom is -0.489 e. The fourth-order valence-corrected chi connectivity index (χ4v) is 4.85. The van der Waals surface area contributed by atoms with E-state index in [-0.39, 0.29) is 6.61 Å². The number of rotatable bonds is 11. The summed E-state index contributed by atoms with van der Waals surface area (Å²) in [6.45, 7) is 8.16. The first-order valence-corrected chi connectivity index (χ1v) is 13.2. The number of thioether (sulfide) groups is 1. The third-order valence-electron chi connectivity index (χ3n) is 5.61. The van der Waals surface area contributed by atoms with Gasteiger partial charge in [-0.2, -0.15) is 4.98 Å². The van der Waals surface area contributed by atoms with Crippen LogP contribution in [-0.2, 0) is 16.1 Å². The number of halogens is 1. The van der Waals surface area contributed by atoms with Gasteiger partial charge in [0.25, 0.3) is 0 Å². The number of unbranched alkanes of at least 4 members (excludes halogenated alkanes) is 1. The molecule has 188 valence electrons. The largest absolute Gasteiger partial charge is 0.489 e. The van der Waals surface area contributed by atoms with Gasteiger partial charge in [-0.05, 0) is 48.7 Å². The number of aromatic nitrogens is 3. The molecule has 0 amide bonds. The molecule has 1 unspecified atom stereocenters. The van der Waals surface area contributed by atoms with Crippen LogP contribution in [0.3, 0.4) is 0 Å². The lowest BCUT2D eigenvalue weighted by atomic mass is 9.95. The summed E-state index contributed by atoms with van der Waals surface area (Å²) in [5, 5.41) is 9.33. The first kappa shape index (κ1) is 25.9. The SMILES string of the molecule is C=CCOC(=O)C1=C(C)Nc2nc(SCCCC)nn2C1c1cccc(OCc2ccc(Cl)cc2)c1. The van der Waals surface area contributed by atoms with Gasteiger partial charge in [0.05, 0.1) is 5.57 Å². The molecular weight excluding hydrogens is 496 g/mol. The molecule has 2 heterocycles. The van der Waals surface area contributed by atoms with Crippen LogP contribution in [0.25, 0.3) is 0 Å². The van der Waals surface area contributed by atoms with Gasteiger partial charge in [-0.15, -0.1) is 5.10 Å². The van der Waals surface area contributed by atoms with Gasteiger partial charge in [0.2, 0.25) is 11.1 Å². The molecule has 1 atom stereocenters. The van der Waals surface area contributed by atoms with Gasteiger partial charge in [0.15, 0.2) is 0 Å². The highest BCUT2D eigenvalue weighted by atomic mass is 35.5. The number of fused-ring (bicyclic) bond motifs is 1. The molecule has 36 heavy (non-hydrogen) atoms. The summed E-state index contributed by atoms with van der Waals surface area (Å²) in [6.07, 6.45) is 3.73. The maximum Gasteiger partial charge on any atom is 0.338 e. The quantitative estimate of drug-likeness (QED) is 0.134. The zero-order chi connectivity index (χ0) is 25.5. The first-order valence-electron chi connectivity index (χ1n) is 11.8. The molecule has 0 spiro atoms. The lowest BCUT2D eigenvalue weighted by Crippen LogP contribution is -2.29. The molecule has 0 aliphatic carbocycles. The molecule has 0 saturated carbocycles. The molecule has 1 aromatic heterocycles. The number of hydrogen-bond donors (Lipinski definition) is 1. The van der Waals surface area contributed by atoms with E-state index in [4.69, 9.17) is 26.2 Å². The average molecular weight is 525 g/mol. The Hall–Kier alpha value is -3.23. The molecule has 3 aromatic rings. The molecule has 0 saturated heterocycles. The van der Waals surface area contributed by atoms with Crippen LogP contribution < -0.4 is 10.1 Å². The van der Waals surface area contributed by atoms with E-state index in [2.05, 4.69) is 23.8 Å². The van der Waals surface area contributed by atoms with Crippen molar-refractivity contribution in [3.63, 3.8) is 0 Å². The molecule has 7 nitrogen and oxygen atoms in total. The van der Waals surface area contributed by atoms with Crippen LogP contribution in [0.15, 0.2) is 77.6 Å². The Bertz CT molecular complexity index is 1260. The topological polar surface area (TPSA) is 78.3 Å². The maximum absolute atomic E-state index is 13.1. The van der Waals surface area contributed by atoms with E-state index in [0.29, 0.717) is 39.8 Å². The van der Waals surface area contributed by atoms with Crippen molar-refractivity contribution in [1.82, 2.24) is 14.8 Å². The predicted molar refractivity (Wildman–Crippen MR) is 143 cm³/mol. The van der Waals surface area contributed by atoms with Gasteiger partial charge < -0.3 is 14.8 Å². The highest BCUT2D eigenvalue weighted by molar-refractivity contribution is 7.99. The highest BCUT2D eigenvalue weighted by Crippen LogP contribution is 2.37. The fourth-order valence-electron chi connectivity index (χ4n) is 3.81. The number of carbonyl (C=O) groups excluding carboxylic acids is 1. The predicted octanol–water partition coefficient (Wildman–Crippen LogP) is 6.42. The zero-order valence-corrected chi connectivity index (χ0v) is 21.9. The molecule has 9 heteroatoms. The molecule has 1 N–H and O–H groups in total. The Morgan fingerprint density at radius 1 is 1.28 bits per heavy atom. The summed E-state index contributed by atoms with van der Waals surface area (Å²) in [5.74, 6) is 1.76. The van der Waals surface area contributed by atoms with Gasteiger partial charge in [-0.1, -0.05) is 73.6 Å². The molecule has 0 bridgehead atoms. The molecule has 1 aliphatic rings. The summed E-state index contributed by atoms with van der Waals surface area (Å²) >= 11 is 7.59. The number of ether oxygens (including phenoxy) is 2. The summed E-state index contributed by atoms with van der Waals surface area (Å²) in [6, 6.07) is 14.7. The summed E-state index contributed by atoms with van der Waals surface area (Å²) in [7, 11) is 0. The van der Waals surface area contributed by atoms with E-state index in [0.717, 1.165) is 29.7 Å². The van der Waals surface area contributed by atoms with Gasteiger partial charge in [-0.25, -0.2) is 9.48 Å². The molecule has 4 rings (SSSR count). The van der Waals surface area contributed by atoms with E-state index >= 15 is 0 Å². The highest BCUT2D eigenvalue weighted by Gasteiger charge is 2.35. The number of esters is 1. The minimum atomic E-state index is -0.523. The summed E-state index contributed by atoms with van der Waals surface area (Å²) < 4.78 is 13.2. The van der Waals surface area contributed by atoms with Gasteiger partial charge >= 0.3 is 5.97 Å². The van der Waals surface area contributed by atoms with Crippen molar-refractivity contribution >= 4 is 35.3 Å². The maximum atomic E-state index is 13.1. The molecule has 1 aliphatic heterocycles. The summed E-state index contributed by atoms with van der Waals surface area (Å²) in [5.41, 5.74) is 2.98. The molecule has 0 fully saturated rings. The van der Waals surface area contributed by atoms with Crippen LogP contribution in [0.1, 0.15) is 43.9 Å². The monoisotopic (exact) mass is 524 g/mol. The number of hydrogen-bond acceptors (Lipinski definition) is 7. The van der Waals surface area contributed by atoms with Crippen LogP contribution in [0, 0.1) is 0 Å². The Morgan fingerprint density at radius 3 is 2.83 bits per heavy atom. The Kier molecular flexibility index (Phi) is 8.72. The van der Waals surface area contributed by atoms with Crippen molar-refractivity contribution in [2.75, 3.05) is 17.7 Å². The van der Waals surface area contributed by atoms with E-state index in [1.165, 1.54) is 0 Å².